The molecule has 2 spiro atoms. The van der Waals surface area contributed by atoms with Crippen LogP contribution < -0.4 is 0 Å². The molecule has 0 saturated heterocycles. The summed E-state index contributed by atoms with van der Waals surface area (Å²) in [6.45, 7) is 0. The molecule has 0 saturated carbocycles. The number of nitrogens with zero attached hydrogens (tertiary/aromatic N) is 2. The number of para-hydroxylation sites is 1. The first-order valence-electron chi connectivity index (χ1n) is 31.9. The molecule has 2 atom stereocenters. The first-order valence-corrected chi connectivity index (χ1v) is 31.9. The predicted molar refractivity (Wildman–Crippen MR) is 377 cm³/mol. The second-order valence-corrected chi connectivity index (χ2v) is 25.1. The summed E-state index contributed by atoms with van der Waals surface area (Å²) in [5.41, 5.74) is 28.8. The number of rotatable bonds is 7. The van der Waals surface area contributed by atoms with E-state index in [0.29, 0.717) is 0 Å². The molecule has 0 aliphatic heterocycles. The van der Waals surface area contributed by atoms with Crippen molar-refractivity contribution in [3.8, 4) is 83.8 Å². The summed E-state index contributed by atoms with van der Waals surface area (Å²) in [5.74, 6) is 1.43. The van der Waals surface area contributed by atoms with Gasteiger partial charge in [-0.25, -0.2) is 4.98 Å². The highest BCUT2D eigenvalue weighted by atomic mass is 15.1. The van der Waals surface area contributed by atoms with Crippen molar-refractivity contribution >= 4 is 32.6 Å². The Kier molecular flexibility index (Phi) is 11.4. The minimum absolute atomic E-state index is 0.226. The smallest absolute Gasteiger partial charge is 0.145 e. The maximum absolute atomic E-state index is 5.28. The Morgan fingerprint density at radius 2 is 0.747 bits per heavy atom. The van der Waals surface area contributed by atoms with Gasteiger partial charge in [-0.3, -0.25) is 4.57 Å². The normalized spacial score (nSPS) is 17.9. The van der Waals surface area contributed by atoms with Crippen LogP contribution in [0.1, 0.15) is 50.4 Å². The largest absolute Gasteiger partial charge is 0.292 e. The number of benzene rings is 14. The highest BCUT2D eigenvalue weighted by molar-refractivity contribution is 6.22. The lowest BCUT2D eigenvalue weighted by Gasteiger charge is -2.50. The summed E-state index contributed by atoms with van der Waals surface area (Å²) in [7, 11) is 0. The molecule has 1 aromatic heterocycles. The molecule has 15 aromatic rings. The standard InChI is InChI=1S/C89H58N2/c1-5-23-59(24-6-1)85-72-51-47-63(64-45-49-70-69-33-15-18-36-77(69)89(82(70)55-64)80-39-21-19-37-78(80)88(79-38-20-22-40-81(79)89)75-34-16-13-31-67(75)68-32-14-17-35-76(68)88)54-74(72)86(60-25-7-2-8-26-60)71-50-46-62(53-73(71)85)57-41-43-58(44-42-57)65-48-52-84-83(56-65)90-87(61-27-9-3-10-28-61)91(84)66-29-11-4-12-30-66/h1-56,67,75H. The van der Waals surface area contributed by atoms with Gasteiger partial charge in [-0.1, -0.05) is 297 Å². The predicted octanol–water partition coefficient (Wildman–Crippen LogP) is 22.2. The van der Waals surface area contributed by atoms with Crippen LogP contribution in [0, 0.1) is 5.92 Å². The minimum Gasteiger partial charge on any atom is -0.292 e. The molecular formula is C89H58N2. The Bertz CT molecular complexity index is 5470. The van der Waals surface area contributed by atoms with Crippen LogP contribution in [0.4, 0.5) is 0 Å². The lowest BCUT2D eigenvalue weighted by atomic mass is 9.50. The third-order valence-corrected chi connectivity index (χ3v) is 20.8. The maximum atomic E-state index is 5.28. The van der Waals surface area contributed by atoms with E-state index in [1.54, 1.807) is 0 Å². The van der Waals surface area contributed by atoms with E-state index in [-0.39, 0.29) is 17.3 Å². The average Bonchev–Trinajstić information content (AvgIpc) is 1.55. The quantitative estimate of drug-likeness (QED) is 0.145. The number of allylic oxidation sites excluding steroid dienone is 4. The summed E-state index contributed by atoms with van der Waals surface area (Å²) < 4.78 is 2.27. The number of imidazole rings is 1. The third kappa shape index (κ3) is 7.39. The van der Waals surface area contributed by atoms with Crippen LogP contribution in [0.25, 0.3) is 116 Å². The molecule has 4 aliphatic rings. The molecular weight excluding hydrogens is 1100 g/mol. The molecule has 0 N–H and O–H groups in total. The lowest BCUT2D eigenvalue weighted by Crippen LogP contribution is -2.46. The van der Waals surface area contributed by atoms with E-state index in [9.17, 15) is 0 Å². The van der Waals surface area contributed by atoms with Crippen molar-refractivity contribution in [3.05, 3.63) is 384 Å². The zero-order valence-electron chi connectivity index (χ0n) is 49.9. The molecule has 0 fully saturated rings. The fraction of sp³-hybridized carbons (Fsp3) is 0.0449. The summed E-state index contributed by atoms with van der Waals surface area (Å²) in [6.07, 6.45) is 9.50. The number of hydrogen-bond donors (Lipinski definition) is 0. The van der Waals surface area contributed by atoms with E-state index < -0.39 is 5.41 Å². The van der Waals surface area contributed by atoms with Gasteiger partial charge in [-0.2, -0.15) is 0 Å². The average molecular weight is 1160 g/mol. The topological polar surface area (TPSA) is 17.8 Å². The number of fused-ring (bicyclic) bond motifs is 19. The fourth-order valence-electron chi connectivity index (χ4n) is 17.1. The van der Waals surface area contributed by atoms with Gasteiger partial charge in [0.2, 0.25) is 0 Å². The van der Waals surface area contributed by atoms with Gasteiger partial charge in [0.15, 0.2) is 0 Å². The van der Waals surface area contributed by atoms with Crippen LogP contribution in [0.5, 0.6) is 0 Å². The van der Waals surface area contributed by atoms with Crippen LogP contribution in [0.2, 0.25) is 0 Å². The van der Waals surface area contributed by atoms with E-state index in [4.69, 9.17) is 4.98 Å². The fourth-order valence-corrected chi connectivity index (χ4v) is 17.1. The first-order chi connectivity index (χ1) is 45.1. The van der Waals surface area contributed by atoms with Gasteiger partial charge < -0.3 is 0 Å². The number of aromatic nitrogens is 2. The van der Waals surface area contributed by atoms with E-state index in [1.807, 2.05) is 0 Å². The third-order valence-electron chi connectivity index (χ3n) is 20.8. The zero-order valence-corrected chi connectivity index (χ0v) is 49.9. The summed E-state index contributed by atoms with van der Waals surface area (Å²) in [5, 5.41) is 4.90. The molecule has 0 amide bonds. The minimum atomic E-state index is -0.572. The van der Waals surface area contributed by atoms with Crippen LogP contribution >= 0.6 is 0 Å². The molecule has 424 valence electrons. The van der Waals surface area contributed by atoms with E-state index >= 15 is 0 Å². The van der Waals surface area contributed by atoms with E-state index in [2.05, 4.69) is 344 Å². The van der Waals surface area contributed by atoms with Crippen LogP contribution in [0.15, 0.2) is 340 Å². The molecule has 14 aromatic carbocycles. The molecule has 0 radical (unpaired) electrons. The highest BCUT2D eigenvalue weighted by Gasteiger charge is 2.61. The van der Waals surface area contributed by atoms with Gasteiger partial charge in [-0.15, -0.1) is 0 Å². The van der Waals surface area contributed by atoms with Gasteiger partial charge in [-0.05, 0) is 175 Å². The van der Waals surface area contributed by atoms with Crippen LogP contribution in [-0.2, 0) is 10.8 Å². The zero-order chi connectivity index (χ0) is 59.8. The SMILES string of the molecule is C1=CC2c3ccccc3C3(c4ccccc4C4(c5ccccc5-c5ccc(-c6ccc7c(-c8ccccc8)c8cc(-c9ccc(-c%10ccc%11c(c%10)nc(-c%10ccccc%10)n%11-c%10ccccc%10)cc9)ccc8c(-c8ccccc8)c7c6)cc54)c4ccccc43)C2C=C1. The maximum Gasteiger partial charge on any atom is 0.145 e. The Balaban J connectivity index is 0.766. The molecule has 0 bridgehead atoms. The van der Waals surface area contributed by atoms with Crippen molar-refractivity contribution < 1.29 is 0 Å². The molecule has 91 heavy (non-hydrogen) atoms. The van der Waals surface area contributed by atoms with Crippen LogP contribution in [0.3, 0.4) is 0 Å². The molecule has 2 unspecified atom stereocenters. The Hall–Kier alpha value is -11.5. The van der Waals surface area contributed by atoms with Crippen molar-refractivity contribution in [3.63, 3.8) is 0 Å². The Labute approximate surface area is 529 Å². The molecule has 2 heteroatoms. The molecule has 1 heterocycles. The molecule has 2 nitrogen and oxygen atoms in total. The van der Waals surface area contributed by atoms with Gasteiger partial charge in [0.05, 0.1) is 21.9 Å². The lowest BCUT2D eigenvalue weighted by molar-refractivity contribution is 0.432. The number of hydrogen-bond acceptors (Lipinski definition) is 1. The van der Waals surface area contributed by atoms with Crippen molar-refractivity contribution in [2.75, 3.05) is 0 Å². The Morgan fingerprint density at radius 1 is 0.297 bits per heavy atom. The van der Waals surface area contributed by atoms with Gasteiger partial charge in [0.25, 0.3) is 0 Å². The van der Waals surface area contributed by atoms with Crippen molar-refractivity contribution in [1.29, 1.82) is 0 Å². The molecule has 4 aliphatic carbocycles. The summed E-state index contributed by atoms with van der Waals surface area (Å²) in [6, 6.07) is 118. The highest BCUT2D eigenvalue weighted by Crippen LogP contribution is 2.69. The van der Waals surface area contributed by atoms with Crippen molar-refractivity contribution in [1.82, 2.24) is 9.55 Å². The molecule has 19 rings (SSSR count). The Morgan fingerprint density at radius 3 is 1.37 bits per heavy atom. The summed E-state index contributed by atoms with van der Waals surface area (Å²) >= 11 is 0. The first kappa shape index (κ1) is 51.6. The second-order valence-electron chi connectivity index (χ2n) is 25.1. The summed E-state index contributed by atoms with van der Waals surface area (Å²) in [4.78, 5) is 5.28. The van der Waals surface area contributed by atoms with Gasteiger partial charge in [0, 0.05) is 23.1 Å². The van der Waals surface area contributed by atoms with Crippen LogP contribution in [-0.4, -0.2) is 9.55 Å². The second kappa shape index (κ2) is 20.0. The van der Waals surface area contributed by atoms with Crippen molar-refractivity contribution in [2.45, 2.75) is 16.7 Å². The monoisotopic (exact) mass is 1150 g/mol. The van der Waals surface area contributed by atoms with E-state index in [0.717, 1.165) is 44.8 Å². The van der Waals surface area contributed by atoms with Gasteiger partial charge >= 0.3 is 0 Å². The van der Waals surface area contributed by atoms with Crippen molar-refractivity contribution in [2.24, 2.45) is 5.92 Å². The van der Waals surface area contributed by atoms with E-state index in [1.165, 1.54) is 116 Å². The van der Waals surface area contributed by atoms with Gasteiger partial charge in [0.1, 0.15) is 5.82 Å².